The average molecular weight is 702 g/mol. The third-order valence-electron chi connectivity index (χ3n) is 8.55. The molecule has 1 saturated carbocycles. The van der Waals surface area contributed by atoms with Gasteiger partial charge in [0.15, 0.2) is 0 Å². The molecule has 0 saturated heterocycles. The number of rotatable bonds is 23. The Hall–Kier alpha value is -4.53. The van der Waals surface area contributed by atoms with Crippen LogP contribution in [0.2, 0.25) is 0 Å². The molecule has 0 aromatic heterocycles. The van der Waals surface area contributed by atoms with Gasteiger partial charge >= 0.3 is 0 Å². The molecule has 8 N–H and O–H groups in total. The summed E-state index contributed by atoms with van der Waals surface area (Å²) in [6.07, 6.45) is 6.47. The first kappa shape index (κ1) is 41.6. The van der Waals surface area contributed by atoms with Gasteiger partial charge in [0.25, 0.3) is 0 Å². The first-order valence-electron chi connectivity index (χ1n) is 17.5. The molecule has 0 spiro atoms. The molecule has 0 radical (unpaired) electrons. The number of carbonyl (C=O) groups is 7. The highest BCUT2D eigenvalue weighted by Crippen LogP contribution is 2.25. The summed E-state index contributed by atoms with van der Waals surface area (Å²) >= 11 is 0. The zero-order chi connectivity index (χ0) is 36.7. The third kappa shape index (κ3) is 18.3. The van der Waals surface area contributed by atoms with Gasteiger partial charge in [-0.25, -0.2) is 0 Å². The van der Waals surface area contributed by atoms with Gasteiger partial charge < -0.3 is 42.4 Å². The lowest BCUT2D eigenvalue weighted by atomic mass is 9.87. The van der Waals surface area contributed by atoms with Crippen LogP contribution in [-0.4, -0.2) is 86.4 Å². The zero-order valence-electron chi connectivity index (χ0n) is 29.4. The van der Waals surface area contributed by atoms with Crippen molar-refractivity contribution in [2.24, 2.45) is 17.6 Å². The minimum absolute atomic E-state index is 0.0348. The number of benzene rings is 1. The Balaban J connectivity index is 1.67. The normalized spacial score (nSPS) is 16.6. The van der Waals surface area contributed by atoms with Crippen molar-refractivity contribution >= 4 is 41.4 Å². The molecular formula is C35H55N7O8. The van der Waals surface area contributed by atoms with Gasteiger partial charge in [-0.1, -0.05) is 57.0 Å². The number of nitrogens with one attached hydrogen (secondary N) is 6. The summed E-state index contributed by atoms with van der Waals surface area (Å²) in [5.41, 5.74) is 6.13. The maximum atomic E-state index is 13.0. The highest BCUT2D eigenvalue weighted by Gasteiger charge is 2.25. The Morgan fingerprint density at radius 3 is 2.08 bits per heavy atom. The number of carbonyl (C=O) groups excluding carboxylic acids is 7. The first-order valence-corrected chi connectivity index (χ1v) is 17.5. The van der Waals surface area contributed by atoms with E-state index in [4.69, 9.17) is 10.5 Å². The fraction of sp³-hybridized carbons (Fsp3) is 0.629. The minimum Gasteiger partial charge on any atom is -0.369 e. The van der Waals surface area contributed by atoms with Crippen LogP contribution in [-0.2, 0) is 44.7 Å². The van der Waals surface area contributed by atoms with E-state index in [0.717, 1.165) is 24.8 Å². The molecule has 15 nitrogen and oxygen atoms in total. The molecule has 278 valence electrons. The molecular weight excluding hydrogens is 646 g/mol. The van der Waals surface area contributed by atoms with Crippen molar-refractivity contribution in [2.75, 3.05) is 32.9 Å². The van der Waals surface area contributed by atoms with E-state index in [1.807, 2.05) is 19.9 Å². The average Bonchev–Trinajstić information content (AvgIpc) is 3.10. The van der Waals surface area contributed by atoms with Gasteiger partial charge in [-0.2, -0.15) is 0 Å². The van der Waals surface area contributed by atoms with Crippen LogP contribution in [0, 0.1) is 11.8 Å². The lowest BCUT2D eigenvalue weighted by Crippen LogP contribution is -2.52. The number of primary amides is 1. The van der Waals surface area contributed by atoms with E-state index >= 15 is 0 Å². The maximum absolute atomic E-state index is 13.0. The fourth-order valence-corrected chi connectivity index (χ4v) is 5.27. The van der Waals surface area contributed by atoms with Gasteiger partial charge in [-0.3, -0.25) is 33.6 Å². The van der Waals surface area contributed by atoms with Crippen LogP contribution in [0.15, 0.2) is 30.3 Å². The van der Waals surface area contributed by atoms with Crippen LogP contribution in [0.25, 0.3) is 0 Å². The summed E-state index contributed by atoms with van der Waals surface area (Å²) in [6.45, 7) is 3.52. The highest BCUT2D eigenvalue weighted by atomic mass is 16.5. The van der Waals surface area contributed by atoms with Crippen LogP contribution in [0.3, 0.4) is 0 Å². The molecule has 1 aliphatic carbocycles. The van der Waals surface area contributed by atoms with Gasteiger partial charge in [-0.15, -0.1) is 0 Å². The van der Waals surface area contributed by atoms with Crippen molar-refractivity contribution in [3.05, 3.63) is 35.9 Å². The molecule has 1 aromatic carbocycles. The Bertz CT molecular complexity index is 1250. The van der Waals surface area contributed by atoms with Crippen LogP contribution in [0.4, 0.5) is 0 Å². The molecule has 50 heavy (non-hydrogen) atoms. The van der Waals surface area contributed by atoms with Gasteiger partial charge in [-0.05, 0) is 50.0 Å². The molecule has 1 aromatic rings. The molecule has 0 heterocycles. The van der Waals surface area contributed by atoms with E-state index in [2.05, 4.69) is 31.9 Å². The standard InChI is InChI=1S/C35H55N7O8/c1-3-24(2)18-30(44)37-17-9-5-8-12-29(43)38-20-31(45)39-22-33(47)42-28(19-25-10-6-4-7-11-25)35(49)40-21-32(46)41-23-50-27-15-13-26(14-16-27)34(36)48/h4,6-7,10-11,24,26-28H,3,5,8-9,12-23H2,1-2H3,(H2,36,48)(H,37,44)(H,38,43)(H,39,45)(H,40,49)(H,41,46)(H,42,47)/t24?,26?,27?,28-/m0/s1. The Kier molecular flexibility index (Phi) is 19.8. The van der Waals surface area contributed by atoms with Crippen molar-refractivity contribution in [1.29, 1.82) is 0 Å². The van der Waals surface area contributed by atoms with E-state index < -0.39 is 36.2 Å². The topological polar surface area (TPSA) is 227 Å². The number of unbranched alkanes of at least 4 members (excludes halogenated alkanes) is 2. The van der Waals surface area contributed by atoms with Gasteiger partial charge in [0.1, 0.15) is 12.8 Å². The lowest BCUT2D eigenvalue weighted by Gasteiger charge is -2.26. The first-order chi connectivity index (χ1) is 24.0. The van der Waals surface area contributed by atoms with Crippen molar-refractivity contribution in [3.63, 3.8) is 0 Å². The molecule has 1 unspecified atom stereocenters. The van der Waals surface area contributed by atoms with Gasteiger partial charge in [0, 0.05) is 31.7 Å². The Morgan fingerprint density at radius 1 is 0.760 bits per heavy atom. The Morgan fingerprint density at radius 2 is 1.40 bits per heavy atom. The second-order valence-corrected chi connectivity index (χ2v) is 12.7. The fourth-order valence-electron chi connectivity index (χ4n) is 5.27. The molecule has 1 fully saturated rings. The minimum atomic E-state index is -1.03. The molecule has 0 aliphatic heterocycles. The predicted molar refractivity (Wildman–Crippen MR) is 186 cm³/mol. The SMILES string of the molecule is CCC(C)CC(=O)NCCCCCC(=O)NCC(=O)NCC(=O)N[C@@H](Cc1ccccc1)C(=O)NCC(=O)NCOC1CCC(C(N)=O)CC1. The Labute approximate surface area is 294 Å². The lowest BCUT2D eigenvalue weighted by molar-refractivity contribution is -0.131. The molecule has 7 amide bonds. The van der Waals surface area contributed by atoms with Crippen LogP contribution < -0.4 is 37.6 Å². The molecule has 15 heteroatoms. The van der Waals surface area contributed by atoms with E-state index in [1.165, 1.54) is 0 Å². The quantitative estimate of drug-likeness (QED) is 0.0619. The zero-order valence-corrected chi connectivity index (χ0v) is 29.4. The molecule has 1 aliphatic rings. The summed E-state index contributed by atoms with van der Waals surface area (Å²) in [5, 5.41) is 15.5. The van der Waals surface area contributed by atoms with Crippen LogP contribution in [0.5, 0.6) is 0 Å². The number of ether oxygens (including phenoxy) is 1. The highest BCUT2D eigenvalue weighted by molar-refractivity contribution is 5.92. The van der Waals surface area contributed by atoms with Crippen molar-refractivity contribution in [3.8, 4) is 0 Å². The second-order valence-electron chi connectivity index (χ2n) is 12.7. The molecule has 0 bridgehead atoms. The number of amides is 7. The third-order valence-corrected chi connectivity index (χ3v) is 8.55. The number of nitrogens with two attached hydrogens (primary N) is 1. The van der Waals surface area contributed by atoms with E-state index in [9.17, 15) is 33.6 Å². The summed E-state index contributed by atoms with van der Waals surface area (Å²) < 4.78 is 5.67. The van der Waals surface area contributed by atoms with Crippen LogP contribution in [0.1, 0.15) is 83.6 Å². The summed E-state index contributed by atoms with van der Waals surface area (Å²) in [5.74, 6) is -2.63. The number of hydrogen-bond donors (Lipinski definition) is 7. The van der Waals surface area contributed by atoms with E-state index in [1.54, 1.807) is 24.3 Å². The van der Waals surface area contributed by atoms with Gasteiger partial charge in [0.2, 0.25) is 41.4 Å². The largest absolute Gasteiger partial charge is 0.369 e. The summed E-state index contributed by atoms with van der Waals surface area (Å²) in [4.78, 5) is 85.5. The summed E-state index contributed by atoms with van der Waals surface area (Å²) in [7, 11) is 0. The number of hydrogen-bond acceptors (Lipinski definition) is 8. The molecule has 2 atom stereocenters. The van der Waals surface area contributed by atoms with Crippen molar-refractivity contribution in [1.82, 2.24) is 31.9 Å². The van der Waals surface area contributed by atoms with Crippen LogP contribution >= 0.6 is 0 Å². The predicted octanol–water partition coefficient (Wildman–Crippen LogP) is 0.310. The molecule has 2 rings (SSSR count). The van der Waals surface area contributed by atoms with Gasteiger partial charge in [0.05, 0.1) is 25.7 Å². The second kappa shape index (κ2) is 23.8. The monoisotopic (exact) mass is 701 g/mol. The smallest absolute Gasteiger partial charge is 0.243 e. The summed E-state index contributed by atoms with van der Waals surface area (Å²) in [6, 6.07) is 7.97. The van der Waals surface area contributed by atoms with E-state index in [-0.39, 0.29) is 62.4 Å². The van der Waals surface area contributed by atoms with Crippen molar-refractivity contribution in [2.45, 2.75) is 96.6 Å². The van der Waals surface area contributed by atoms with Crippen molar-refractivity contribution < 1.29 is 38.3 Å². The van der Waals surface area contributed by atoms with E-state index in [0.29, 0.717) is 51.0 Å². The maximum Gasteiger partial charge on any atom is 0.243 e.